The lowest BCUT2D eigenvalue weighted by Crippen LogP contribution is -2.36. The van der Waals surface area contributed by atoms with Crippen LogP contribution in [0.2, 0.25) is 0 Å². The highest BCUT2D eigenvalue weighted by Gasteiger charge is 2.19. The highest BCUT2D eigenvalue weighted by molar-refractivity contribution is 5.94. The third kappa shape index (κ3) is 4.68. The van der Waals surface area contributed by atoms with E-state index in [0.29, 0.717) is 18.6 Å². The van der Waals surface area contributed by atoms with Crippen LogP contribution in [-0.4, -0.2) is 25.5 Å². The lowest BCUT2D eigenvalue weighted by Gasteiger charge is -2.23. The number of nitrogens with one attached hydrogen (secondary N) is 1. The Morgan fingerprint density at radius 1 is 1.35 bits per heavy atom. The highest BCUT2D eigenvalue weighted by Crippen LogP contribution is 2.13. The van der Waals surface area contributed by atoms with Gasteiger partial charge in [-0.25, -0.2) is 0 Å². The fraction of sp³-hybridized carbons (Fsp3) is 0.385. The molecule has 0 saturated carbocycles. The van der Waals surface area contributed by atoms with Crippen molar-refractivity contribution >= 4 is 12.4 Å². The standard InChI is InChI=1S/C13H17NO3/c1-13(2,9-17-10-15)8-14-12(16)11-6-4-3-5-7-11/h3-7,10H,8-9H2,1-2H3,(H,14,16). The van der Waals surface area contributed by atoms with Gasteiger partial charge < -0.3 is 10.1 Å². The first-order chi connectivity index (χ1) is 8.05. The summed E-state index contributed by atoms with van der Waals surface area (Å²) in [4.78, 5) is 21.8. The summed E-state index contributed by atoms with van der Waals surface area (Å²) in [5.41, 5.74) is 0.352. The molecule has 0 aliphatic heterocycles. The van der Waals surface area contributed by atoms with Crippen LogP contribution in [0.4, 0.5) is 0 Å². The van der Waals surface area contributed by atoms with E-state index in [2.05, 4.69) is 5.32 Å². The van der Waals surface area contributed by atoms with E-state index in [1.165, 1.54) is 0 Å². The van der Waals surface area contributed by atoms with E-state index in [0.717, 1.165) is 0 Å². The SMILES string of the molecule is CC(C)(CNC(=O)c1ccccc1)COC=O. The Morgan fingerprint density at radius 2 is 2.00 bits per heavy atom. The van der Waals surface area contributed by atoms with Gasteiger partial charge in [-0.2, -0.15) is 0 Å². The summed E-state index contributed by atoms with van der Waals surface area (Å²) in [6.07, 6.45) is 0. The van der Waals surface area contributed by atoms with Crippen molar-refractivity contribution in [3.63, 3.8) is 0 Å². The van der Waals surface area contributed by atoms with Crippen molar-refractivity contribution in [2.24, 2.45) is 5.41 Å². The fourth-order valence-corrected chi connectivity index (χ4v) is 1.32. The minimum Gasteiger partial charge on any atom is -0.467 e. The Labute approximate surface area is 101 Å². The molecule has 17 heavy (non-hydrogen) atoms. The molecule has 0 spiro atoms. The molecule has 0 aliphatic carbocycles. The first-order valence-corrected chi connectivity index (χ1v) is 5.44. The first kappa shape index (κ1) is 13.2. The van der Waals surface area contributed by atoms with Gasteiger partial charge in [0.2, 0.25) is 0 Å². The van der Waals surface area contributed by atoms with Crippen molar-refractivity contribution in [1.82, 2.24) is 5.32 Å². The molecule has 0 fully saturated rings. The topological polar surface area (TPSA) is 55.4 Å². The predicted molar refractivity (Wildman–Crippen MR) is 64.6 cm³/mol. The maximum absolute atomic E-state index is 11.7. The molecule has 0 bridgehead atoms. The summed E-state index contributed by atoms with van der Waals surface area (Å²) in [5.74, 6) is -0.121. The molecule has 1 N–H and O–H groups in total. The third-order valence-electron chi connectivity index (χ3n) is 2.31. The quantitative estimate of drug-likeness (QED) is 0.762. The Balaban J connectivity index is 2.45. The number of hydrogen-bond donors (Lipinski definition) is 1. The van der Waals surface area contributed by atoms with Crippen LogP contribution in [0, 0.1) is 5.41 Å². The lowest BCUT2D eigenvalue weighted by atomic mass is 9.95. The summed E-state index contributed by atoms with van der Waals surface area (Å²) in [6.45, 7) is 4.99. The van der Waals surface area contributed by atoms with Gasteiger partial charge in [-0.1, -0.05) is 32.0 Å². The zero-order chi connectivity index (χ0) is 12.7. The van der Waals surface area contributed by atoms with Gasteiger partial charge in [0.05, 0.1) is 6.61 Å². The molecule has 4 nitrogen and oxygen atoms in total. The zero-order valence-corrected chi connectivity index (χ0v) is 10.1. The van der Waals surface area contributed by atoms with Gasteiger partial charge >= 0.3 is 0 Å². The molecule has 1 rings (SSSR count). The van der Waals surface area contributed by atoms with Crippen molar-refractivity contribution in [2.45, 2.75) is 13.8 Å². The average Bonchev–Trinajstić information content (AvgIpc) is 2.35. The molecular weight excluding hydrogens is 218 g/mol. The second-order valence-corrected chi connectivity index (χ2v) is 4.62. The van der Waals surface area contributed by atoms with Crippen LogP contribution in [0.5, 0.6) is 0 Å². The Morgan fingerprint density at radius 3 is 2.59 bits per heavy atom. The molecule has 0 saturated heterocycles. The Kier molecular flexibility index (Phi) is 4.69. The second-order valence-electron chi connectivity index (χ2n) is 4.62. The summed E-state index contributed by atoms with van der Waals surface area (Å²) >= 11 is 0. The smallest absolute Gasteiger partial charge is 0.293 e. The molecule has 4 heteroatoms. The number of carbonyl (C=O) groups excluding carboxylic acids is 2. The van der Waals surface area contributed by atoms with E-state index in [9.17, 15) is 9.59 Å². The van der Waals surface area contributed by atoms with Crippen molar-refractivity contribution in [2.75, 3.05) is 13.2 Å². The second kappa shape index (κ2) is 6.03. The van der Waals surface area contributed by atoms with Gasteiger partial charge in [0.15, 0.2) is 0 Å². The van der Waals surface area contributed by atoms with E-state index < -0.39 is 0 Å². The number of ether oxygens (including phenoxy) is 1. The maximum atomic E-state index is 11.7. The molecule has 0 atom stereocenters. The van der Waals surface area contributed by atoms with E-state index in [-0.39, 0.29) is 17.9 Å². The van der Waals surface area contributed by atoms with Gasteiger partial charge in [0, 0.05) is 17.5 Å². The molecule has 92 valence electrons. The molecule has 0 aliphatic rings. The van der Waals surface area contributed by atoms with Gasteiger partial charge in [-0.05, 0) is 12.1 Å². The first-order valence-electron chi connectivity index (χ1n) is 5.44. The molecular formula is C13H17NO3. The Bertz CT molecular complexity index is 374. The van der Waals surface area contributed by atoms with Crippen molar-refractivity contribution in [3.05, 3.63) is 35.9 Å². The summed E-state index contributed by atoms with van der Waals surface area (Å²) in [7, 11) is 0. The molecule has 1 aromatic rings. The van der Waals surface area contributed by atoms with Crippen LogP contribution >= 0.6 is 0 Å². The predicted octanol–water partition coefficient (Wildman–Crippen LogP) is 1.62. The normalized spacial score (nSPS) is 10.7. The molecule has 0 heterocycles. The highest BCUT2D eigenvalue weighted by atomic mass is 16.5. The minimum atomic E-state index is -0.272. The van der Waals surface area contributed by atoms with E-state index in [4.69, 9.17) is 4.74 Å². The molecule has 0 unspecified atom stereocenters. The van der Waals surface area contributed by atoms with Crippen LogP contribution in [0.3, 0.4) is 0 Å². The van der Waals surface area contributed by atoms with E-state index >= 15 is 0 Å². The van der Waals surface area contributed by atoms with E-state index in [1.807, 2.05) is 32.0 Å². The number of rotatable bonds is 6. The van der Waals surface area contributed by atoms with Crippen molar-refractivity contribution in [3.8, 4) is 0 Å². The zero-order valence-electron chi connectivity index (χ0n) is 10.1. The van der Waals surface area contributed by atoms with Gasteiger partial charge in [0.25, 0.3) is 12.4 Å². The third-order valence-corrected chi connectivity index (χ3v) is 2.31. The van der Waals surface area contributed by atoms with Crippen LogP contribution in [-0.2, 0) is 9.53 Å². The average molecular weight is 235 g/mol. The van der Waals surface area contributed by atoms with Gasteiger partial charge in [-0.15, -0.1) is 0 Å². The van der Waals surface area contributed by atoms with Crippen LogP contribution in [0.25, 0.3) is 0 Å². The minimum absolute atomic E-state index is 0.121. The molecule has 1 amide bonds. The van der Waals surface area contributed by atoms with Gasteiger partial charge in [0.1, 0.15) is 0 Å². The molecule has 0 aromatic heterocycles. The largest absolute Gasteiger partial charge is 0.467 e. The van der Waals surface area contributed by atoms with Gasteiger partial charge in [-0.3, -0.25) is 9.59 Å². The Hall–Kier alpha value is -1.84. The lowest BCUT2D eigenvalue weighted by molar-refractivity contribution is -0.131. The summed E-state index contributed by atoms with van der Waals surface area (Å²) in [5, 5.41) is 2.81. The fourth-order valence-electron chi connectivity index (χ4n) is 1.32. The number of benzene rings is 1. The van der Waals surface area contributed by atoms with Crippen molar-refractivity contribution in [1.29, 1.82) is 0 Å². The number of hydrogen-bond acceptors (Lipinski definition) is 3. The molecule has 0 radical (unpaired) electrons. The van der Waals surface area contributed by atoms with Crippen molar-refractivity contribution < 1.29 is 14.3 Å². The maximum Gasteiger partial charge on any atom is 0.293 e. The van der Waals surface area contributed by atoms with E-state index in [1.54, 1.807) is 12.1 Å². The van der Waals surface area contributed by atoms with Crippen LogP contribution in [0.15, 0.2) is 30.3 Å². The number of amides is 1. The summed E-state index contributed by atoms with van der Waals surface area (Å²) < 4.78 is 4.70. The van der Waals surface area contributed by atoms with Crippen LogP contribution in [0.1, 0.15) is 24.2 Å². The summed E-state index contributed by atoms with van der Waals surface area (Å²) in [6, 6.07) is 9.00. The molecule has 1 aromatic carbocycles. The van der Waals surface area contributed by atoms with Crippen LogP contribution < -0.4 is 5.32 Å². The number of carbonyl (C=O) groups is 2. The monoisotopic (exact) mass is 235 g/mol.